The highest BCUT2D eigenvalue weighted by Crippen LogP contribution is 2.32. The molecule has 1 aliphatic rings. The van der Waals surface area contributed by atoms with Crippen LogP contribution in [0.4, 0.5) is 11.4 Å². The Morgan fingerprint density at radius 3 is 2.76 bits per heavy atom. The molecule has 1 N–H and O–H groups in total. The van der Waals surface area contributed by atoms with Crippen molar-refractivity contribution in [3.05, 3.63) is 33.3 Å². The maximum atomic E-state index is 10.9. The largest absolute Gasteiger partial charge is 0.379 e. The summed E-state index contributed by atoms with van der Waals surface area (Å²) >= 11 is 5.97. The number of para-hydroxylation sites is 1. The number of hydrazine groups is 1. The molecule has 1 fully saturated rings. The second-order valence-electron chi connectivity index (χ2n) is 3.60. The minimum Gasteiger partial charge on any atom is -0.379 e. The SMILES string of the molecule is O=[N+]([O-])c1cccc(Cl)c1NN1CCOCC1. The zero-order valence-electron chi connectivity index (χ0n) is 9.06. The van der Waals surface area contributed by atoms with Crippen molar-refractivity contribution in [3.8, 4) is 0 Å². The van der Waals surface area contributed by atoms with E-state index in [9.17, 15) is 10.1 Å². The molecule has 1 aliphatic heterocycles. The van der Waals surface area contributed by atoms with Gasteiger partial charge in [0.05, 0.1) is 23.2 Å². The molecule has 0 bridgehead atoms. The van der Waals surface area contributed by atoms with Crippen LogP contribution in [0.5, 0.6) is 0 Å². The van der Waals surface area contributed by atoms with Crippen LogP contribution in [0, 0.1) is 10.1 Å². The van der Waals surface area contributed by atoms with Crippen molar-refractivity contribution in [2.24, 2.45) is 0 Å². The fraction of sp³-hybridized carbons (Fsp3) is 0.400. The summed E-state index contributed by atoms with van der Waals surface area (Å²) in [5, 5.41) is 13.1. The van der Waals surface area contributed by atoms with Crippen LogP contribution in [-0.2, 0) is 4.74 Å². The lowest BCUT2D eigenvalue weighted by Gasteiger charge is -2.28. The number of hydrogen-bond acceptors (Lipinski definition) is 5. The molecular weight excluding hydrogens is 246 g/mol. The van der Waals surface area contributed by atoms with Crippen LogP contribution in [0.25, 0.3) is 0 Å². The van der Waals surface area contributed by atoms with Gasteiger partial charge in [0.25, 0.3) is 5.69 Å². The van der Waals surface area contributed by atoms with E-state index in [1.54, 1.807) is 12.1 Å². The molecule has 2 rings (SSSR count). The summed E-state index contributed by atoms with van der Waals surface area (Å²) in [6.07, 6.45) is 0. The van der Waals surface area contributed by atoms with Crippen molar-refractivity contribution in [1.82, 2.24) is 5.01 Å². The first-order valence-electron chi connectivity index (χ1n) is 5.21. The number of halogens is 1. The van der Waals surface area contributed by atoms with Crippen LogP contribution >= 0.6 is 11.6 Å². The van der Waals surface area contributed by atoms with Crippen molar-refractivity contribution in [3.63, 3.8) is 0 Å². The molecule has 0 unspecified atom stereocenters. The van der Waals surface area contributed by atoms with Gasteiger partial charge in [-0.05, 0) is 6.07 Å². The summed E-state index contributed by atoms with van der Waals surface area (Å²) in [7, 11) is 0. The number of nitrogens with zero attached hydrogens (tertiary/aromatic N) is 2. The molecule has 17 heavy (non-hydrogen) atoms. The lowest BCUT2D eigenvalue weighted by Crippen LogP contribution is -2.40. The summed E-state index contributed by atoms with van der Waals surface area (Å²) in [6.45, 7) is 2.54. The number of nitro benzene ring substituents is 1. The van der Waals surface area contributed by atoms with Gasteiger partial charge in [-0.2, -0.15) is 0 Å². The Bertz CT molecular complexity index is 421. The third kappa shape index (κ3) is 2.85. The van der Waals surface area contributed by atoms with E-state index in [2.05, 4.69) is 5.43 Å². The molecule has 1 aromatic rings. The highest BCUT2D eigenvalue weighted by Gasteiger charge is 2.19. The standard InChI is InChI=1S/C10H12ClN3O3/c11-8-2-1-3-9(14(15)16)10(8)12-13-4-6-17-7-5-13/h1-3,12H,4-7H2. The van der Waals surface area contributed by atoms with Gasteiger partial charge in [0.2, 0.25) is 0 Å². The predicted molar refractivity (Wildman–Crippen MR) is 64.1 cm³/mol. The van der Waals surface area contributed by atoms with Gasteiger partial charge in [0.15, 0.2) is 0 Å². The van der Waals surface area contributed by atoms with E-state index in [4.69, 9.17) is 16.3 Å². The molecule has 0 aliphatic carbocycles. The average molecular weight is 258 g/mol. The van der Waals surface area contributed by atoms with Crippen LogP contribution in [0.1, 0.15) is 0 Å². The first-order chi connectivity index (χ1) is 8.18. The highest BCUT2D eigenvalue weighted by molar-refractivity contribution is 6.33. The molecule has 0 saturated carbocycles. The fourth-order valence-electron chi connectivity index (χ4n) is 1.61. The number of nitrogens with one attached hydrogen (secondary N) is 1. The van der Waals surface area contributed by atoms with E-state index in [0.29, 0.717) is 37.0 Å². The Kier molecular flexibility index (Phi) is 3.78. The maximum Gasteiger partial charge on any atom is 0.295 e. The minimum atomic E-state index is -0.450. The summed E-state index contributed by atoms with van der Waals surface area (Å²) in [5.74, 6) is 0. The molecule has 1 aromatic carbocycles. The van der Waals surface area contributed by atoms with Crippen molar-refractivity contribution in [2.45, 2.75) is 0 Å². The lowest BCUT2D eigenvalue weighted by atomic mass is 10.3. The molecule has 0 spiro atoms. The van der Waals surface area contributed by atoms with Gasteiger partial charge in [-0.15, -0.1) is 0 Å². The van der Waals surface area contributed by atoms with Crippen LogP contribution in [0.15, 0.2) is 18.2 Å². The van der Waals surface area contributed by atoms with Crippen LogP contribution in [0.3, 0.4) is 0 Å². The molecule has 0 radical (unpaired) electrons. The maximum absolute atomic E-state index is 10.9. The predicted octanol–water partition coefficient (Wildman–Crippen LogP) is 1.91. The van der Waals surface area contributed by atoms with E-state index in [1.165, 1.54) is 6.07 Å². The summed E-state index contributed by atoms with van der Waals surface area (Å²) < 4.78 is 5.20. The van der Waals surface area contributed by atoms with Gasteiger partial charge in [-0.25, -0.2) is 5.01 Å². The number of morpholine rings is 1. The molecule has 0 amide bonds. The molecule has 6 nitrogen and oxygen atoms in total. The van der Waals surface area contributed by atoms with Crippen LogP contribution < -0.4 is 5.43 Å². The van der Waals surface area contributed by atoms with E-state index in [-0.39, 0.29) is 5.69 Å². The zero-order valence-corrected chi connectivity index (χ0v) is 9.81. The van der Waals surface area contributed by atoms with Crippen LogP contribution in [0.2, 0.25) is 5.02 Å². The Labute approximate surface area is 103 Å². The van der Waals surface area contributed by atoms with Gasteiger partial charge in [0.1, 0.15) is 5.69 Å². The van der Waals surface area contributed by atoms with Crippen molar-refractivity contribution < 1.29 is 9.66 Å². The number of ether oxygens (including phenoxy) is 1. The Morgan fingerprint density at radius 2 is 2.12 bits per heavy atom. The number of benzene rings is 1. The Hall–Kier alpha value is -1.37. The first kappa shape index (κ1) is 12.1. The monoisotopic (exact) mass is 257 g/mol. The normalized spacial score (nSPS) is 16.8. The molecule has 92 valence electrons. The minimum absolute atomic E-state index is 0.0241. The molecule has 0 atom stereocenters. The molecular formula is C10H12ClN3O3. The van der Waals surface area contributed by atoms with Crippen LogP contribution in [-0.4, -0.2) is 36.2 Å². The smallest absolute Gasteiger partial charge is 0.295 e. The molecule has 1 saturated heterocycles. The lowest BCUT2D eigenvalue weighted by molar-refractivity contribution is -0.384. The number of nitro groups is 1. The summed E-state index contributed by atoms with van der Waals surface area (Å²) in [6, 6.07) is 4.61. The van der Waals surface area contributed by atoms with E-state index in [0.717, 1.165) is 0 Å². The average Bonchev–Trinajstić information content (AvgIpc) is 2.33. The summed E-state index contributed by atoms with van der Waals surface area (Å²) in [5.41, 5.74) is 3.29. The third-order valence-corrected chi connectivity index (χ3v) is 2.78. The fourth-order valence-corrected chi connectivity index (χ4v) is 1.82. The van der Waals surface area contributed by atoms with E-state index in [1.807, 2.05) is 5.01 Å². The summed E-state index contributed by atoms with van der Waals surface area (Å²) in [4.78, 5) is 10.4. The van der Waals surface area contributed by atoms with Gasteiger partial charge < -0.3 is 10.2 Å². The molecule has 1 heterocycles. The Balaban J connectivity index is 2.21. The molecule has 0 aromatic heterocycles. The van der Waals surface area contributed by atoms with Crippen molar-refractivity contribution >= 4 is 23.0 Å². The zero-order chi connectivity index (χ0) is 12.3. The number of hydrogen-bond donors (Lipinski definition) is 1. The quantitative estimate of drug-likeness (QED) is 0.662. The molecule has 7 heteroatoms. The van der Waals surface area contributed by atoms with Gasteiger partial charge in [-0.1, -0.05) is 17.7 Å². The number of rotatable bonds is 3. The van der Waals surface area contributed by atoms with E-state index < -0.39 is 4.92 Å². The second kappa shape index (κ2) is 5.31. The van der Waals surface area contributed by atoms with Gasteiger partial charge in [0, 0.05) is 19.2 Å². The second-order valence-corrected chi connectivity index (χ2v) is 4.01. The van der Waals surface area contributed by atoms with Gasteiger partial charge >= 0.3 is 0 Å². The topological polar surface area (TPSA) is 67.6 Å². The highest BCUT2D eigenvalue weighted by atomic mass is 35.5. The number of anilines is 1. The van der Waals surface area contributed by atoms with Crippen molar-refractivity contribution in [1.29, 1.82) is 0 Å². The Morgan fingerprint density at radius 1 is 1.41 bits per heavy atom. The van der Waals surface area contributed by atoms with Crippen molar-refractivity contribution in [2.75, 3.05) is 31.7 Å². The third-order valence-electron chi connectivity index (χ3n) is 2.47. The van der Waals surface area contributed by atoms with Gasteiger partial charge in [-0.3, -0.25) is 10.1 Å². The van der Waals surface area contributed by atoms with E-state index >= 15 is 0 Å². The first-order valence-corrected chi connectivity index (χ1v) is 5.58.